The second kappa shape index (κ2) is 7.14. The van der Waals surface area contributed by atoms with Crippen LogP contribution >= 0.6 is 0 Å². The van der Waals surface area contributed by atoms with Crippen molar-refractivity contribution in [1.29, 1.82) is 0 Å². The second-order valence-electron chi connectivity index (χ2n) is 6.75. The smallest absolute Gasteiger partial charge is 0.336 e. The third-order valence-electron chi connectivity index (χ3n) is 4.86. The molecule has 1 N–H and O–H groups in total. The molecule has 24 heavy (non-hydrogen) atoms. The fourth-order valence-electron chi connectivity index (χ4n) is 3.44. The summed E-state index contributed by atoms with van der Waals surface area (Å²) < 4.78 is 0. The zero-order chi connectivity index (χ0) is 17.1. The van der Waals surface area contributed by atoms with Gasteiger partial charge in [0.2, 0.25) is 0 Å². The summed E-state index contributed by atoms with van der Waals surface area (Å²) in [5.74, 6) is -0.445. The maximum Gasteiger partial charge on any atom is 0.336 e. The van der Waals surface area contributed by atoms with E-state index in [-0.39, 0.29) is 0 Å². The fourth-order valence-corrected chi connectivity index (χ4v) is 3.44. The molecule has 1 saturated heterocycles. The summed E-state index contributed by atoms with van der Waals surface area (Å²) >= 11 is 0. The Labute approximate surface area is 143 Å². The van der Waals surface area contributed by atoms with Crippen LogP contribution in [0.4, 0.5) is 0 Å². The normalized spacial score (nSPS) is 18.7. The van der Waals surface area contributed by atoms with Gasteiger partial charge in [0.25, 0.3) is 0 Å². The molecule has 0 spiro atoms. The van der Waals surface area contributed by atoms with Crippen molar-refractivity contribution in [2.24, 2.45) is 0 Å². The Morgan fingerprint density at radius 1 is 1.25 bits per heavy atom. The summed E-state index contributed by atoms with van der Waals surface area (Å²) in [6.45, 7) is 6.69. The molecule has 1 unspecified atom stereocenters. The van der Waals surface area contributed by atoms with Gasteiger partial charge in [-0.05, 0) is 50.9 Å². The third kappa shape index (κ3) is 3.49. The summed E-state index contributed by atoms with van der Waals surface area (Å²) in [5.41, 5.74) is 3.00. The van der Waals surface area contributed by atoms with Gasteiger partial charge in [-0.2, -0.15) is 0 Å². The third-order valence-corrected chi connectivity index (χ3v) is 4.86. The highest BCUT2D eigenvalue weighted by molar-refractivity contribution is 5.95. The number of carbonyl (C=O) groups is 1. The zero-order valence-corrected chi connectivity index (χ0v) is 14.3. The van der Waals surface area contributed by atoms with E-state index in [1.807, 2.05) is 24.4 Å². The molecule has 1 atom stereocenters. The Morgan fingerprint density at radius 3 is 2.71 bits per heavy atom. The van der Waals surface area contributed by atoms with E-state index in [0.29, 0.717) is 17.5 Å². The summed E-state index contributed by atoms with van der Waals surface area (Å²) in [6, 6.07) is 11.7. The number of hydrogen-bond donors (Lipinski definition) is 1. The van der Waals surface area contributed by atoms with Crippen LogP contribution in [0.15, 0.2) is 42.6 Å². The lowest BCUT2D eigenvalue weighted by atomic mass is 9.92. The summed E-state index contributed by atoms with van der Waals surface area (Å²) in [5, 5.41) is 9.34. The van der Waals surface area contributed by atoms with Gasteiger partial charge in [0.1, 0.15) is 0 Å². The molecular weight excluding hydrogens is 300 g/mol. The van der Waals surface area contributed by atoms with E-state index < -0.39 is 5.97 Å². The van der Waals surface area contributed by atoms with Gasteiger partial charge < -0.3 is 10.0 Å². The SMILES string of the molecule is CC(C)N1CCCC(c2ccc(-c3ccccc3C(=O)O)cn2)C1. The monoisotopic (exact) mass is 324 g/mol. The molecule has 1 aromatic carbocycles. The van der Waals surface area contributed by atoms with Crippen molar-refractivity contribution >= 4 is 5.97 Å². The Bertz CT molecular complexity index is 710. The first-order chi connectivity index (χ1) is 11.6. The van der Waals surface area contributed by atoms with Crippen LogP contribution in [0, 0.1) is 0 Å². The molecule has 3 rings (SSSR count). The minimum absolute atomic E-state index is 0.315. The molecular formula is C20H24N2O2. The Hall–Kier alpha value is -2.20. The van der Waals surface area contributed by atoms with Crippen LogP contribution < -0.4 is 0 Å². The average molecular weight is 324 g/mol. The van der Waals surface area contributed by atoms with Crippen molar-refractivity contribution in [2.75, 3.05) is 13.1 Å². The van der Waals surface area contributed by atoms with Gasteiger partial charge in [0.05, 0.1) is 5.56 Å². The average Bonchev–Trinajstić information content (AvgIpc) is 2.62. The zero-order valence-electron chi connectivity index (χ0n) is 14.3. The Kier molecular flexibility index (Phi) is 4.95. The predicted molar refractivity (Wildman–Crippen MR) is 95.3 cm³/mol. The molecule has 1 aliphatic heterocycles. The molecule has 1 fully saturated rings. The van der Waals surface area contributed by atoms with E-state index in [1.54, 1.807) is 12.1 Å². The van der Waals surface area contributed by atoms with Gasteiger partial charge in [-0.15, -0.1) is 0 Å². The Morgan fingerprint density at radius 2 is 2.04 bits per heavy atom. The quantitative estimate of drug-likeness (QED) is 0.922. The molecule has 0 saturated carbocycles. The van der Waals surface area contributed by atoms with Crippen LogP contribution in [-0.4, -0.2) is 40.1 Å². The first-order valence-corrected chi connectivity index (χ1v) is 8.59. The molecule has 2 aromatic rings. The van der Waals surface area contributed by atoms with Crippen LogP contribution in [-0.2, 0) is 0 Å². The van der Waals surface area contributed by atoms with E-state index >= 15 is 0 Å². The molecule has 4 heteroatoms. The van der Waals surface area contributed by atoms with E-state index in [1.165, 1.54) is 12.8 Å². The number of carboxylic acid groups (broad SMARTS) is 1. The van der Waals surface area contributed by atoms with Crippen molar-refractivity contribution < 1.29 is 9.90 Å². The highest BCUT2D eigenvalue weighted by Gasteiger charge is 2.23. The number of likely N-dealkylation sites (tertiary alicyclic amines) is 1. The maximum atomic E-state index is 11.4. The summed E-state index contributed by atoms with van der Waals surface area (Å²) in [6.07, 6.45) is 4.18. The van der Waals surface area contributed by atoms with Gasteiger partial charge in [-0.1, -0.05) is 24.3 Å². The number of aromatic carboxylic acids is 1. The minimum atomic E-state index is -0.908. The van der Waals surface area contributed by atoms with Crippen molar-refractivity contribution in [3.63, 3.8) is 0 Å². The fraction of sp³-hybridized carbons (Fsp3) is 0.400. The molecule has 0 bridgehead atoms. The predicted octanol–water partition coefficient (Wildman–Crippen LogP) is 4.03. The number of nitrogens with zero attached hydrogens (tertiary/aromatic N) is 2. The lowest BCUT2D eigenvalue weighted by Gasteiger charge is -2.35. The Balaban J connectivity index is 1.83. The maximum absolute atomic E-state index is 11.4. The van der Waals surface area contributed by atoms with E-state index in [9.17, 15) is 9.90 Å². The molecule has 2 heterocycles. The van der Waals surface area contributed by atoms with Gasteiger partial charge in [-0.3, -0.25) is 4.98 Å². The van der Waals surface area contributed by atoms with Crippen LogP contribution in [0.2, 0.25) is 0 Å². The van der Waals surface area contributed by atoms with Crippen molar-refractivity contribution in [1.82, 2.24) is 9.88 Å². The number of benzene rings is 1. The standard InChI is InChI=1S/C20H24N2O2/c1-14(2)22-11-5-6-16(13-22)19-10-9-15(12-21-19)17-7-3-4-8-18(17)20(23)24/h3-4,7-10,12,14,16H,5-6,11,13H2,1-2H3,(H,23,24). The molecule has 0 amide bonds. The van der Waals surface area contributed by atoms with Crippen molar-refractivity contribution in [2.45, 2.75) is 38.6 Å². The number of pyridine rings is 1. The van der Waals surface area contributed by atoms with E-state index in [0.717, 1.165) is 29.9 Å². The molecule has 0 aliphatic carbocycles. The van der Waals surface area contributed by atoms with Crippen LogP contribution in [0.5, 0.6) is 0 Å². The molecule has 1 aliphatic rings. The van der Waals surface area contributed by atoms with Crippen LogP contribution in [0.25, 0.3) is 11.1 Å². The largest absolute Gasteiger partial charge is 0.478 e. The first-order valence-electron chi connectivity index (χ1n) is 8.59. The van der Waals surface area contributed by atoms with E-state index in [4.69, 9.17) is 0 Å². The lowest BCUT2D eigenvalue weighted by Crippen LogP contribution is -2.39. The van der Waals surface area contributed by atoms with Crippen molar-refractivity contribution in [3.8, 4) is 11.1 Å². The van der Waals surface area contributed by atoms with Gasteiger partial charge in [-0.25, -0.2) is 4.79 Å². The number of rotatable bonds is 4. The van der Waals surface area contributed by atoms with E-state index in [2.05, 4.69) is 29.8 Å². The number of aromatic nitrogens is 1. The summed E-state index contributed by atoms with van der Waals surface area (Å²) in [4.78, 5) is 18.5. The number of hydrogen-bond acceptors (Lipinski definition) is 3. The topological polar surface area (TPSA) is 53.4 Å². The molecule has 126 valence electrons. The highest BCUT2D eigenvalue weighted by Crippen LogP contribution is 2.29. The van der Waals surface area contributed by atoms with Crippen LogP contribution in [0.1, 0.15) is 48.7 Å². The van der Waals surface area contributed by atoms with Crippen molar-refractivity contribution in [3.05, 3.63) is 53.9 Å². The first kappa shape index (κ1) is 16.7. The molecule has 1 aromatic heterocycles. The summed E-state index contributed by atoms with van der Waals surface area (Å²) in [7, 11) is 0. The minimum Gasteiger partial charge on any atom is -0.478 e. The lowest BCUT2D eigenvalue weighted by molar-refractivity contribution is 0.0697. The van der Waals surface area contributed by atoms with Crippen LogP contribution in [0.3, 0.4) is 0 Å². The van der Waals surface area contributed by atoms with Gasteiger partial charge >= 0.3 is 5.97 Å². The van der Waals surface area contributed by atoms with Gasteiger partial charge in [0, 0.05) is 36.0 Å². The second-order valence-corrected chi connectivity index (χ2v) is 6.75. The highest BCUT2D eigenvalue weighted by atomic mass is 16.4. The number of piperidine rings is 1. The van der Waals surface area contributed by atoms with Gasteiger partial charge in [0.15, 0.2) is 0 Å². The molecule has 0 radical (unpaired) electrons. The number of carboxylic acids is 1. The molecule has 4 nitrogen and oxygen atoms in total.